The van der Waals surface area contributed by atoms with E-state index >= 15 is 0 Å². The summed E-state index contributed by atoms with van der Waals surface area (Å²) in [6.45, 7) is 0. The first-order chi connectivity index (χ1) is 7.88. The number of hydrogen-bond donors (Lipinski definition) is 3. The smallest absolute Gasteiger partial charge is 0.311 e. The standard InChI is InChI=1S/C9H9N3O4S/c10-5-1-2-6-7(3-5)17(15,16)12-8(11-6)4-9(13)14/h1-3H,4,10H2,(H,11,12)(H,13,14). The molecule has 1 aromatic carbocycles. The maximum atomic E-state index is 11.7. The van der Waals surface area contributed by atoms with Crippen LogP contribution in [0.25, 0.3) is 0 Å². The third kappa shape index (κ3) is 2.21. The molecule has 0 fully saturated rings. The summed E-state index contributed by atoms with van der Waals surface area (Å²) in [6.07, 6.45) is -0.483. The zero-order valence-corrected chi connectivity index (χ0v) is 9.36. The molecule has 17 heavy (non-hydrogen) atoms. The second-order valence-corrected chi connectivity index (χ2v) is 5.04. The number of nitrogens with one attached hydrogen (secondary N) is 1. The van der Waals surface area contributed by atoms with Gasteiger partial charge in [-0.05, 0) is 18.2 Å². The van der Waals surface area contributed by atoms with Crippen LogP contribution in [0.1, 0.15) is 6.42 Å². The Labute approximate surface area is 97.0 Å². The second-order valence-electron chi connectivity index (χ2n) is 3.46. The highest BCUT2D eigenvalue weighted by Gasteiger charge is 2.25. The average Bonchev–Trinajstić information content (AvgIpc) is 2.17. The van der Waals surface area contributed by atoms with E-state index in [4.69, 9.17) is 10.8 Å². The Hall–Kier alpha value is -2.09. The van der Waals surface area contributed by atoms with Gasteiger partial charge in [0.15, 0.2) is 0 Å². The summed E-state index contributed by atoms with van der Waals surface area (Å²) in [7, 11) is -3.88. The van der Waals surface area contributed by atoms with E-state index in [0.29, 0.717) is 5.69 Å². The molecule has 2 rings (SSSR count). The van der Waals surface area contributed by atoms with E-state index in [9.17, 15) is 13.2 Å². The molecular formula is C9H9N3O4S. The molecule has 0 saturated carbocycles. The molecule has 0 spiro atoms. The highest BCUT2D eigenvalue weighted by molar-refractivity contribution is 7.90. The summed E-state index contributed by atoms with van der Waals surface area (Å²) in [4.78, 5) is 10.5. The van der Waals surface area contributed by atoms with Gasteiger partial charge in [-0.25, -0.2) is 0 Å². The Morgan fingerprint density at radius 2 is 2.18 bits per heavy atom. The van der Waals surface area contributed by atoms with Crippen LogP contribution in [0.5, 0.6) is 0 Å². The fourth-order valence-electron chi connectivity index (χ4n) is 1.45. The number of anilines is 2. The van der Waals surface area contributed by atoms with Crippen molar-refractivity contribution in [3.8, 4) is 0 Å². The van der Waals surface area contributed by atoms with Crippen molar-refractivity contribution in [2.24, 2.45) is 4.40 Å². The summed E-state index contributed by atoms with van der Waals surface area (Å²) in [6, 6.07) is 4.27. The van der Waals surface area contributed by atoms with Crippen molar-refractivity contribution in [3.05, 3.63) is 18.2 Å². The highest BCUT2D eigenvalue weighted by Crippen LogP contribution is 2.29. The fourth-order valence-corrected chi connectivity index (χ4v) is 2.63. The van der Waals surface area contributed by atoms with Gasteiger partial charge in [0, 0.05) is 5.69 Å². The summed E-state index contributed by atoms with van der Waals surface area (Å²) in [5, 5.41) is 11.2. The summed E-state index contributed by atoms with van der Waals surface area (Å²) >= 11 is 0. The molecule has 4 N–H and O–H groups in total. The number of nitrogens with zero attached hydrogens (tertiary/aromatic N) is 1. The summed E-state index contributed by atoms with van der Waals surface area (Å²) in [5.41, 5.74) is 6.06. The van der Waals surface area contributed by atoms with Gasteiger partial charge in [0.1, 0.15) is 17.2 Å². The van der Waals surface area contributed by atoms with Crippen LogP contribution in [0.3, 0.4) is 0 Å². The number of carbonyl (C=O) groups is 1. The first-order valence-corrected chi connectivity index (χ1v) is 6.05. The van der Waals surface area contributed by atoms with Crippen LogP contribution in [0.4, 0.5) is 11.4 Å². The van der Waals surface area contributed by atoms with Crippen LogP contribution in [0.15, 0.2) is 27.5 Å². The number of amidine groups is 1. The van der Waals surface area contributed by atoms with Gasteiger partial charge in [-0.2, -0.15) is 8.42 Å². The third-order valence-electron chi connectivity index (χ3n) is 2.11. The third-order valence-corrected chi connectivity index (χ3v) is 3.47. The van der Waals surface area contributed by atoms with Crippen LogP contribution in [0.2, 0.25) is 0 Å². The number of fused-ring (bicyclic) bond motifs is 1. The van der Waals surface area contributed by atoms with Crippen LogP contribution in [-0.2, 0) is 14.8 Å². The van der Waals surface area contributed by atoms with Crippen molar-refractivity contribution < 1.29 is 18.3 Å². The van der Waals surface area contributed by atoms with Crippen molar-refractivity contribution in [3.63, 3.8) is 0 Å². The molecule has 8 heteroatoms. The Morgan fingerprint density at radius 3 is 2.82 bits per heavy atom. The Balaban J connectivity index is 2.50. The molecule has 0 unspecified atom stereocenters. The molecule has 0 radical (unpaired) electrons. The maximum absolute atomic E-state index is 11.7. The van der Waals surface area contributed by atoms with Crippen molar-refractivity contribution >= 4 is 33.2 Å². The molecule has 1 aliphatic rings. The number of carboxylic acids is 1. The Morgan fingerprint density at radius 1 is 1.47 bits per heavy atom. The average molecular weight is 255 g/mol. The lowest BCUT2D eigenvalue weighted by atomic mass is 10.2. The number of rotatable bonds is 2. The molecule has 0 atom stereocenters. The SMILES string of the molecule is Nc1ccc2c(c1)S(=O)(=O)N=C(CC(=O)O)N2. The summed E-state index contributed by atoms with van der Waals surface area (Å²) in [5.74, 6) is -1.28. The molecule has 7 nitrogen and oxygen atoms in total. The lowest BCUT2D eigenvalue weighted by Crippen LogP contribution is -2.24. The van der Waals surface area contributed by atoms with Gasteiger partial charge in [0.25, 0.3) is 10.0 Å². The minimum Gasteiger partial charge on any atom is -0.481 e. The molecule has 1 aliphatic heterocycles. The van der Waals surface area contributed by atoms with Gasteiger partial charge in [-0.3, -0.25) is 4.79 Å². The van der Waals surface area contributed by atoms with E-state index in [1.807, 2.05) is 0 Å². The number of benzene rings is 1. The zero-order valence-electron chi connectivity index (χ0n) is 8.54. The predicted molar refractivity (Wildman–Crippen MR) is 61.4 cm³/mol. The van der Waals surface area contributed by atoms with Gasteiger partial charge in [-0.1, -0.05) is 0 Å². The molecule has 0 aromatic heterocycles. The molecule has 0 amide bonds. The van der Waals surface area contributed by atoms with Crippen molar-refractivity contribution in [2.45, 2.75) is 11.3 Å². The predicted octanol–water partition coefficient (Wildman–Crippen LogP) is 0.256. The van der Waals surface area contributed by atoms with Crippen LogP contribution < -0.4 is 11.1 Å². The van der Waals surface area contributed by atoms with Crippen molar-refractivity contribution in [2.75, 3.05) is 11.1 Å². The second kappa shape index (κ2) is 3.74. The number of nitrogens with two attached hydrogens (primary N) is 1. The number of sulfonamides is 1. The number of hydrogen-bond acceptors (Lipinski definition) is 5. The lowest BCUT2D eigenvalue weighted by molar-refractivity contribution is -0.135. The van der Waals surface area contributed by atoms with E-state index in [1.54, 1.807) is 0 Å². The highest BCUT2D eigenvalue weighted by atomic mass is 32.2. The molecule has 1 aromatic rings. The van der Waals surface area contributed by atoms with Crippen molar-refractivity contribution in [1.29, 1.82) is 0 Å². The number of aliphatic carboxylic acids is 1. The van der Waals surface area contributed by atoms with E-state index in [0.717, 1.165) is 0 Å². The van der Waals surface area contributed by atoms with E-state index in [2.05, 4.69) is 9.71 Å². The molecule has 90 valence electrons. The normalized spacial score (nSPS) is 16.6. The van der Waals surface area contributed by atoms with Gasteiger partial charge in [-0.15, -0.1) is 4.40 Å². The Kier molecular flexibility index (Phi) is 2.50. The summed E-state index contributed by atoms with van der Waals surface area (Å²) < 4.78 is 26.9. The van der Waals surface area contributed by atoms with E-state index < -0.39 is 22.4 Å². The van der Waals surface area contributed by atoms with E-state index in [-0.39, 0.29) is 16.4 Å². The molecule has 0 saturated heterocycles. The quantitative estimate of drug-likeness (QED) is 0.651. The van der Waals surface area contributed by atoms with Crippen molar-refractivity contribution in [1.82, 2.24) is 0 Å². The van der Waals surface area contributed by atoms with Crippen LogP contribution in [-0.4, -0.2) is 25.3 Å². The van der Waals surface area contributed by atoms with Crippen LogP contribution in [0, 0.1) is 0 Å². The number of nitrogen functional groups attached to an aromatic ring is 1. The minimum absolute atomic E-state index is 0.0494. The molecule has 1 heterocycles. The topological polar surface area (TPSA) is 122 Å². The first kappa shape index (κ1) is 11.4. The maximum Gasteiger partial charge on any atom is 0.311 e. The molecule has 0 aliphatic carbocycles. The zero-order chi connectivity index (χ0) is 12.6. The fraction of sp³-hybridized carbons (Fsp3) is 0.111. The first-order valence-electron chi connectivity index (χ1n) is 4.61. The van der Waals surface area contributed by atoms with Crippen LogP contribution >= 0.6 is 0 Å². The van der Waals surface area contributed by atoms with Gasteiger partial charge < -0.3 is 16.2 Å². The lowest BCUT2D eigenvalue weighted by Gasteiger charge is -2.17. The monoisotopic (exact) mass is 255 g/mol. The Bertz CT molecular complexity index is 621. The minimum atomic E-state index is -3.88. The van der Waals surface area contributed by atoms with Gasteiger partial charge >= 0.3 is 5.97 Å². The molecule has 0 bridgehead atoms. The number of carboxylic acid groups (broad SMARTS) is 1. The van der Waals surface area contributed by atoms with E-state index in [1.165, 1.54) is 18.2 Å². The molecular weight excluding hydrogens is 246 g/mol. The largest absolute Gasteiger partial charge is 0.481 e. The van der Waals surface area contributed by atoms with Gasteiger partial charge in [0.2, 0.25) is 0 Å². The van der Waals surface area contributed by atoms with Gasteiger partial charge in [0.05, 0.1) is 5.69 Å².